The average molecular weight is 274 g/mol. The molecule has 20 heavy (non-hydrogen) atoms. The molecule has 4 heteroatoms. The zero-order valence-corrected chi connectivity index (χ0v) is 12.7. The molecule has 2 fully saturated rings. The third-order valence-electron chi connectivity index (χ3n) is 4.64. The number of hydrogen-bond donors (Lipinski definition) is 2. The first-order valence-corrected chi connectivity index (χ1v) is 8.09. The van der Waals surface area contributed by atoms with Gasteiger partial charge in [0.2, 0.25) is 0 Å². The maximum atomic E-state index is 4.74. The third kappa shape index (κ3) is 3.22. The molecule has 0 saturated heterocycles. The van der Waals surface area contributed by atoms with E-state index in [4.69, 9.17) is 4.98 Å². The Kier molecular flexibility index (Phi) is 4.08. The monoisotopic (exact) mass is 274 g/mol. The zero-order valence-electron chi connectivity index (χ0n) is 12.7. The summed E-state index contributed by atoms with van der Waals surface area (Å²) in [5, 5.41) is 6.84. The largest absolute Gasteiger partial charge is 0.373 e. The summed E-state index contributed by atoms with van der Waals surface area (Å²) in [5.41, 5.74) is 0. The molecular weight excluding hydrogens is 248 g/mol. The van der Waals surface area contributed by atoms with Crippen LogP contribution in [0.3, 0.4) is 0 Å². The highest BCUT2D eigenvalue weighted by atomic mass is 15.1. The number of rotatable bonds is 4. The molecule has 0 radical (unpaired) electrons. The van der Waals surface area contributed by atoms with Crippen molar-refractivity contribution in [2.75, 3.05) is 17.7 Å². The summed E-state index contributed by atoms with van der Waals surface area (Å²) >= 11 is 0. The second-order valence-electron chi connectivity index (χ2n) is 6.39. The van der Waals surface area contributed by atoms with Crippen LogP contribution in [-0.4, -0.2) is 23.1 Å². The molecule has 2 unspecified atom stereocenters. The minimum Gasteiger partial charge on any atom is -0.373 e. The van der Waals surface area contributed by atoms with E-state index in [-0.39, 0.29) is 0 Å². The lowest BCUT2D eigenvalue weighted by atomic mass is 9.97. The van der Waals surface area contributed by atoms with Gasteiger partial charge < -0.3 is 10.6 Å². The van der Waals surface area contributed by atoms with Crippen molar-refractivity contribution in [3.05, 3.63) is 11.9 Å². The van der Waals surface area contributed by atoms with Crippen LogP contribution >= 0.6 is 0 Å². The van der Waals surface area contributed by atoms with Crippen LogP contribution < -0.4 is 10.6 Å². The van der Waals surface area contributed by atoms with Gasteiger partial charge in [-0.25, -0.2) is 9.97 Å². The molecule has 0 amide bonds. The van der Waals surface area contributed by atoms with Crippen molar-refractivity contribution >= 4 is 11.6 Å². The molecule has 2 aliphatic rings. The van der Waals surface area contributed by atoms with Gasteiger partial charge in [-0.15, -0.1) is 0 Å². The predicted octanol–water partition coefficient (Wildman–Crippen LogP) is 3.78. The maximum absolute atomic E-state index is 4.74. The Morgan fingerprint density at radius 3 is 2.50 bits per heavy atom. The predicted molar refractivity (Wildman–Crippen MR) is 83.2 cm³/mol. The van der Waals surface area contributed by atoms with Gasteiger partial charge in [0.1, 0.15) is 17.5 Å². The van der Waals surface area contributed by atoms with Gasteiger partial charge in [-0.3, -0.25) is 0 Å². The molecule has 1 aromatic rings. The molecule has 3 rings (SSSR count). The van der Waals surface area contributed by atoms with Gasteiger partial charge in [-0.2, -0.15) is 0 Å². The minimum atomic E-state index is 0.559. The Bertz CT molecular complexity index is 456. The summed E-state index contributed by atoms with van der Waals surface area (Å²) in [6.07, 6.45) is 9.16. The lowest BCUT2D eigenvalue weighted by Crippen LogP contribution is -2.27. The molecule has 110 valence electrons. The quantitative estimate of drug-likeness (QED) is 0.820. The topological polar surface area (TPSA) is 49.8 Å². The van der Waals surface area contributed by atoms with Crippen LogP contribution in [0.25, 0.3) is 0 Å². The lowest BCUT2D eigenvalue weighted by molar-refractivity contribution is 0.455. The number of anilines is 2. The first-order chi connectivity index (χ1) is 9.76. The number of nitrogens with zero attached hydrogens (tertiary/aromatic N) is 2. The van der Waals surface area contributed by atoms with E-state index in [1.165, 1.54) is 44.9 Å². The SMILES string of the molecule is CNc1cc(NC2CCCCCC2C)nc(C2CC2)n1. The van der Waals surface area contributed by atoms with E-state index in [0.29, 0.717) is 12.0 Å². The summed E-state index contributed by atoms with van der Waals surface area (Å²) in [7, 11) is 1.93. The highest BCUT2D eigenvalue weighted by Gasteiger charge is 2.28. The number of nitrogens with one attached hydrogen (secondary N) is 2. The zero-order chi connectivity index (χ0) is 13.9. The van der Waals surface area contributed by atoms with Crippen molar-refractivity contribution in [2.24, 2.45) is 5.92 Å². The van der Waals surface area contributed by atoms with Crippen LogP contribution in [0, 0.1) is 5.92 Å². The number of hydrogen-bond acceptors (Lipinski definition) is 4. The van der Waals surface area contributed by atoms with E-state index in [1.54, 1.807) is 0 Å². The van der Waals surface area contributed by atoms with Crippen LogP contribution in [0.2, 0.25) is 0 Å². The Hall–Kier alpha value is -1.32. The third-order valence-corrected chi connectivity index (χ3v) is 4.64. The van der Waals surface area contributed by atoms with Crippen LogP contribution in [0.15, 0.2) is 6.07 Å². The maximum Gasteiger partial charge on any atom is 0.136 e. The molecule has 0 aliphatic heterocycles. The molecule has 1 heterocycles. The van der Waals surface area contributed by atoms with E-state index in [1.807, 2.05) is 13.1 Å². The molecule has 1 aromatic heterocycles. The standard InChI is InChI=1S/C16H26N4/c1-11-6-4-3-5-7-13(11)18-15-10-14(17-2)19-16(20-15)12-8-9-12/h10-13H,3-9H2,1-2H3,(H2,17,18,19,20). The van der Waals surface area contributed by atoms with Gasteiger partial charge in [0.05, 0.1) is 0 Å². The Labute approximate surface area is 121 Å². The van der Waals surface area contributed by atoms with Gasteiger partial charge in [-0.05, 0) is 31.6 Å². The Morgan fingerprint density at radius 2 is 1.75 bits per heavy atom. The van der Waals surface area contributed by atoms with Gasteiger partial charge in [0.15, 0.2) is 0 Å². The molecule has 0 bridgehead atoms. The van der Waals surface area contributed by atoms with Crippen molar-refractivity contribution in [3.8, 4) is 0 Å². The highest BCUT2D eigenvalue weighted by molar-refractivity contribution is 5.48. The van der Waals surface area contributed by atoms with Crippen LogP contribution in [0.4, 0.5) is 11.6 Å². The normalized spacial score (nSPS) is 26.9. The summed E-state index contributed by atoms with van der Waals surface area (Å²) in [5.74, 6) is 4.28. The second kappa shape index (κ2) is 5.98. The molecule has 4 nitrogen and oxygen atoms in total. The summed E-state index contributed by atoms with van der Waals surface area (Å²) < 4.78 is 0. The molecule has 2 N–H and O–H groups in total. The van der Waals surface area contributed by atoms with E-state index in [2.05, 4.69) is 22.5 Å². The Balaban J connectivity index is 1.76. The van der Waals surface area contributed by atoms with E-state index in [9.17, 15) is 0 Å². The van der Waals surface area contributed by atoms with Crippen LogP contribution in [0.1, 0.15) is 63.6 Å². The summed E-state index contributed by atoms with van der Waals surface area (Å²) in [6, 6.07) is 2.60. The smallest absolute Gasteiger partial charge is 0.136 e. The molecule has 2 saturated carbocycles. The van der Waals surface area contributed by atoms with Gasteiger partial charge >= 0.3 is 0 Å². The molecule has 0 spiro atoms. The minimum absolute atomic E-state index is 0.559. The lowest BCUT2D eigenvalue weighted by Gasteiger charge is -2.23. The molecular formula is C16H26N4. The van der Waals surface area contributed by atoms with Gasteiger partial charge in [-0.1, -0.05) is 26.2 Å². The van der Waals surface area contributed by atoms with Crippen molar-refractivity contribution in [1.82, 2.24) is 9.97 Å². The Morgan fingerprint density at radius 1 is 1.00 bits per heavy atom. The van der Waals surface area contributed by atoms with Crippen molar-refractivity contribution in [2.45, 2.75) is 63.8 Å². The van der Waals surface area contributed by atoms with Gasteiger partial charge in [0, 0.05) is 25.1 Å². The van der Waals surface area contributed by atoms with E-state index >= 15 is 0 Å². The van der Waals surface area contributed by atoms with Gasteiger partial charge in [0.25, 0.3) is 0 Å². The van der Waals surface area contributed by atoms with E-state index < -0.39 is 0 Å². The second-order valence-corrected chi connectivity index (χ2v) is 6.39. The summed E-state index contributed by atoms with van der Waals surface area (Å²) in [4.78, 5) is 9.32. The first-order valence-electron chi connectivity index (χ1n) is 8.09. The number of aromatic nitrogens is 2. The molecule has 0 aromatic carbocycles. The molecule has 2 aliphatic carbocycles. The van der Waals surface area contributed by atoms with Crippen molar-refractivity contribution in [1.29, 1.82) is 0 Å². The van der Waals surface area contributed by atoms with Crippen LogP contribution in [0.5, 0.6) is 0 Å². The fourth-order valence-corrected chi connectivity index (χ4v) is 3.09. The average Bonchev–Trinajstić information content (AvgIpc) is 3.29. The van der Waals surface area contributed by atoms with E-state index in [0.717, 1.165) is 23.4 Å². The van der Waals surface area contributed by atoms with Crippen molar-refractivity contribution < 1.29 is 0 Å². The van der Waals surface area contributed by atoms with Crippen molar-refractivity contribution in [3.63, 3.8) is 0 Å². The first kappa shape index (κ1) is 13.7. The highest BCUT2D eigenvalue weighted by Crippen LogP contribution is 2.39. The van der Waals surface area contributed by atoms with Crippen LogP contribution in [-0.2, 0) is 0 Å². The molecule has 2 atom stereocenters. The fraction of sp³-hybridized carbons (Fsp3) is 0.750. The fourth-order valence-electron chi connectivity index (χ4n) is 3.09. The summed E-state index contributed by atoms with van der Waals surface area (Å²) in [6.45, 7) is 2.37.